The highest BCUT2D eigenvalue weighted by Crippen LogP contribution is 2.13. The first-order valence-corrected chi connectivity index (χ1v) is 4.48. The highest BCUT2D eigenvalue weighted by atomic mass is 19.1. The van der Waals surface area contributed by atoms with Crippen molar-refractivity contribution in [3.8, 4) is 0 Å². The van der Waals surface area contributed by atoms with Crippen molar-refractivity contribution in [2.24, 2.45) is 0 Å². The molecule has 0 atom stereocenters. The monoisotopic (exact) mass is 196 g/mol. The van der Waals surface area contributed by atoms with Crippen LogP contribution in [0.15, 0.2) is 18.2 Å². The van der Waals surface area contributed by atoms with E-state index >= 15 is 0 Å². The van der Waals surface area contributed by atoms with Crippen molar-refractivity contribution < 1.29 is 13.9 Å². The van der Waals surface area contributed by atoms with E-state index in [1.165, 1.54) is 12.1 Å². The van der Waals surface area contributed by atoms with E-state index in [2.05, 4.69) is 0 Å². The molecule has 0 saturated heterocycles. The van der Waals surface area contributed by atoms with Crippen LogP contribution >= 0.6 is 0 Å². The second kappa shape index (κ2) is 4.22. The van der Waals surface area contributed by atoms with Crippen LogP contribution in [0.25, 0.3) is 0 Å². The molecule has 14 heavy (non-hydrogen) atoms. The molecule has 0 saturated carbocycles. The predicted octanol–water partition coefficient (Wildman–Crippen LogP) is 2.70. The fraction of sp³-hybridized carbons (Fsp3) is 0.364. The lowest BCUT2D eigenvalue weighted by molar-refractivity contribution is 0.0376. The maximum absolute atomic E-state index is 13.1. The summed E-state index contributed by atoms with van der Waals surface area (Å²) in [7, 11) is 0. The van der Waals surface area contributed by atoms with Crippen molar-refractivity contribution in [3.63, 3.8) is 0 Å². The van der Waals surface area contributed by atoms with Crippen LogP contribution in [0.4, 0.5) is 4.39 Å². The first-order valence-electron chi connectivity index (χ1n) is 4.48. The van der Waals surface area contributed by atoms with Gasteiger partial charge in [-0.1, -0.05) is 6.07 Å². The van der Waals surface area contributed by atoms with Gasteiger partial charge in [-0.2, -0.15) is 0 Å². The number of halogens is 1. The maximum atomic E-state index is 13.1. The van der Waals surface area contributed by atoms with Gasteiger partial charge in [0.15, 0.2) is 0 Å². The average Bonchev–Trinajstić information content (AvgIpc) is 2.08. The summed E-state index contributed by atoms with van der Waals surface area (Å²) in [6.45, 7) is 5.07. The Balaban J connectivity index is 2.96. The van der Waals surface area contributed by atoms with E-state index in [1.54, 1.807) is 26.8 Å². The third-order valence-corrected chi connectivity index (χ3v) is 1.83. The van der Waals surface area contributed by atoms with Gasteiger partial charge in [0.25, 0.3) is 0 Å². The summed E-state index contributed by atoms with van der Waals surface area (Å²) in [6.07, 6.45) is -0.190. The average molecular weight is 196 g/mol. The molecule has 1 aromatic rings. The first-order chi connectivity index (χ1) is 6.52. The molecule has 0 unspecified atom stereocenters. The molecule has 0 heterocycles. The molecule has 0 radical (unpaired) electrons. The molecule has 0 aromatic heterocycles. The molecular weight excluding hydrogens is 183 g/mol. The van der Waals surface area contributed by atoms with Crippen molar-refractivity contribution in [1.29, 1.82) is 0 Å². The molecule has 0 amide bonds. The Kier molecular flexibility index (Phi) is 3.23. The lowest BCUT2D eigenvalue weighted by Gasteiger charge is -2.09. The molecular formula is C11H13FO2. The van der Waals surface area contributed by atoms with Crippen LogP contribution in [0.3, 0.4) is 0 Å². The molecule has 0 spiro atoms. The van der Waals surface area contributed by atoms with Crippen molar-refractivity contribution in [1.82, 2.24) is 0 Å². The van der Waals surface area contributed by atoms with E-state index in [1.807, 2.05) is 0 Å². The minimum atomic E-state index is -0.475. The largest absolute Gasteiger partial charge is 0.459 e. The van der Waals surface area contributed by atoms with Gasteiger partial charge in [-0.05, 0) is 38.5 Å². The van der Waals surface area contributed by atoms with E-state index in [0.717, 1.165) is 0 Å². The van der Waals surface area contributed by atoms with Crippen molar-refractivity contribution in [3.05, 3.63) is 35.1 Å². The molecule has 0 fully saturated rings. The van der Waals surface area contributed by atoms with Gasteiger partial charge in [0.1, 0.15) is 5.82 Å². The van der Waals surface area contributed by atoms with Gasteiger partial charge in [-0.15, -0.1) is 0 Å². The highest BCUT2D eigenvalue weighted by Gasteiger charge is 2.13. The van der Waals surface area contributed by atoms with Gasteiger partial charge < -0.3 is 4.74 Å². The summed E-state index contributed by atoms with van der Waals surface area (Å²) in [4.78, 5) is 11.4. The van der Waals surface area contributed by atoms with E-state index in [0.29, 0.717) is 11.1 Å². The van der Waals surface area contributed by atoms with Crippen LogP contribution in [-0.2, 0) is 4.74 Å². The summed E-state index contributed by atoms with van der Waals surface area (Å²) in [5.41, 5.74) is 0.622. The van der Waals surface area contributed by atoms with Crippen molar-refractivity contribution in [2.75, 3.05) is 0 Å². The summed E-state index contributed by atoms with van der Waals surface area (Å²) in [6, 6.07) is 4.38. The third-order valence-electron chi connectivity index (χ3n) is 1.83. The number of hydrogen-bond donors (Lipinski definition) is 0. The van der Waals surface area contributed by atoms with Crippen molar-refractivity contribution in [2.45, 2.75) is 26.9 Å². The number of esters is 1. The van der Waals surface area contributed by atoms with E-state index in [-0.39, 0.29) is 11.9 Å². The van der Waals surface area contributed by atoms with Crippen LogP contribution < -0.4 is 0 Å². The predicted molar refractivity (Wildman–Crippen MR) is 51.7 cm³/mol. The topological polar surface area (TPSA) is 26.3 Å². The van der Waals surface area contributed by atoms with E-state index in [4.69, 9.17) is 4.74 Å². The number of benzene rings is 1. The summed E-state index contributed by atoms with van der Waals surface area (Å²) in [5.74, 6) is -0.861. The van der Waals surface area contributed by atoms with Crippen LogP contribution in [0.5, 0.6) is 0 Å². The van der Waals surface area contributed by atoms with Crippen LogP contribution in [0, 0.1) is 12.7 Å². The van der Waals surface area contributed by atoms with Crippen LogP contribution in [-0.4, -0.2) is 12.1 Å². The first kappa shape index (κ1) is 10.7. The van der Waals surface area contributed by atoms with Gasteiger partial charge >= 0.3 is 5.97 Å². The highest BCUT2D eigenvalue weighted by molar-refractivity contribution is 5.91. The Labute approximate surface area is 82.7 Å². The van der Waals surface area contributed by atoms with Crippen LogP contribution in [0.2, 0.25) is 0 Å². The Morgan fingerprint density at radius 2 is 2.07 bits per heavy atom. The fourth-order valence-electron chi connectivity index (χ4n) is 1.11. The normalized spacial score (nSPS) is 10.4. The number of rotatable bonds is 2. The minimum absolute atomic E-state index is 0.190. The Morgan fingerprint density at radius 1 is 1.43 bits per heavy atom. The maximum Gasteiger partial charge on any atom is 0.338 e. The minimum Gasteiger partial charge on any atom is -0.459 e. The van der Waals surface area contributed by atoms with Gasteiger partial charge in [0.2, 0.25) is 0 Å². The van der Waals surface area contributed by atoms with Crippen LogP contribution in [0.1, 0.15) is 29.8 Å². The van der Waals surface area contributed by atoms with E-state index < -0.39 is 5.97 Å². The zero-order chi connectivity index (χ0) is 10.7. The second-order valence-electron chi connectivity index (χ2n) is 3.37. The molecule has 1 rings (SSSR count). The molecule has 3 heteroatoms. The lowest BCUT2D eigenvalue weighted by Crippen LogP contribution is -2.13. The quantitative estimate of drug-likeness (QED) is 0.680. The number of carbonyl (C=O) groups excluding carboxylic acids is 1. The standard InChI is InChI=1S/C11H13FO2/c1-7(2)14-11(13)9-5-4-6-10(12)8(9)3/h4-7H,1-3H3. The molecule has 0 aliphatic carbocycles. The summed E-state index contributed by atoms with van der Waals surface area (Å²) >= 11 is 0. The SMILES string of the molecule is Cc1c(F)cccc1C(=O)OC(C)C. The second-order valence-corrected chi connectivity index (χ2v) is 3.37. The molecule has 1 aromatic carbocycles. The summed E-state index contributed by atoms with van der Waals surface area (Å²) in [5, 5.41) is 0. The number of ether oxygens (including phenoxy) is 1. The molecule has 0 bridgehead atoms. The third kappa shape index (κ3) is 2.31. The molecule has 0 aliphatic rings. The Hall–Kier alpha value is -1.38. The van der Waals surface area contributed by atoms with E-state index in [9.17, 15) is 9.18 Å². The van der Waals surface area contributed by atoms with Gasteiger partial charge in [-0.25, -0.2) is 9.18 Å². The lowest BCUT2D eigenvalue weighted by atomic mass is 10.1. The summed E-state index contributed by atoms with van der Waals surface area (Å²) < 4.78 is 18.0. The smallest absolute Gasteiger partial charge is 0.338 e. The molecule has 0 N–H and O–H groups in total. The Bertz CT molecular complexity index is 345. The molecule has 76 valence electrons. The number of hydrogen-bond acceptors (Lipinski definition) is 2. The zero-order valence-corrected chi connectivity index (χ0v) is 8.50. The zero-order valence-electron chi connectivity index (χ0n) is 8.50. The van der Waals surface area contributed by atoms with Gasteiger partial charge in [0.05, 0.1) is 11.7 Å². The Morgan fingerprint density at radius 3 is 2.64 bits per heavy atom. The van der Waals surface area contributed by atoms with Gasteiger partial charge in [0, 0.05) is 0 Å². The van der Waals surface area contributed by atoms with Crippen molar-refractivity contribution >= 4 is 5.97 Å². The molecule has 0 aliphatic heterocycles. The molecule has 2 nitrogen and oxygen atoms in total. The fourth-order valence-corrected chi connectivity index (χ4v) is 1.11. The van der Waals surface area contributed by atoms with Gasteiger partial charge in [-0.3, -0.25) is 0 Å². The number of carbonyl (C=O) groups is 1.